The van der Waals surface area contributed by atoms with Crippen LogP contribution in [0.25, 0.3) is 10.9 Å². The number of hydrogen-bond donors (Lipinski definition) is 1. The number of ether oxygens (including phenoxy) is 4. The zero-order valence-electron chi connectivity index (χ0n) is 27.1. The number of methoxy groups -OCH3 is 2. The first kappa shape index (κ1) is 12.3. The van der Waals surface area contributed by atoms with Crippen LogP contribution in [0.3, 0.4) is 0 Å². The first-order chi connectivity index (χ1) is 19.9. The summed E-state index contributed by atoms with van der Waals surface area (Å²) in [6, 6.07) is 5.08. The number of para-hydroxylation sites is 2. The van der Waals surface area contributed by atoms with Crippen molar-refractivity contribution >= 4 is 28.6 Å². The van der Waals surface area contributed by atoms with Gasteiger partial charge in [-0.2, -0.15) is 4.98 Å². The molecule has 1 atom stereocenters. The van der Waals surface area contributed by atoms with E-state index in [1.807, 2.05) is 0 Å². The zero-order valence-corrected chi connectivity index (χ0v) is 17.1. The van der Waals surface area contributed by atoms with Crippen LogP contribution in [0.5, 0.6) is 23.0 Å². The topological polar surface area (TPSA) is 112 Å². The molecule has 3 heterocycles. The lowest BCUT2D eigenvalue weighted by molar-refractivity contribution is -0.141. The fourth-order valence-corrected chi connectivity index (χ4v) is 3.59. The van der Waals surface area contributed by atoms with Gasteiger partial charge in [0, 0.05) is 37.6 Å². The number of hydrogen-bond acceptors (Lipinski definition) is 9. The number of benzene rings is 2. The van der Waals surface area contributed by atoms with E-state index < -0.39 is 56.2 Å². The van der Waals surface area contributed by atoms with Crippen LogP contribution >= 0.6 is 0 Å². The normalized spacial score (nSPS) is 24.4. The second-order valence-electron chi connectivity index (χ2n) is 7.22. The van der Waals surface area contributed by atoms with E-state index in [4.69, 9.17) is 38.4 Å². The second-order valence-corrected chi connectivity index (χ2v) is 7.22. The summed E-state index contributed by atoms with van der Waals surface area (Å²) in [5.74, 6) is -2.15. The Labute approximate surface area is 204 Å². The molecule has 0 bridgehead atoms. The summed E-state index contributed by atoms with van der Waals surface area (Å²) < 4.78 is 98.7. The molecule has 33 heavy (non-hydrogen) atoms. The average molecular weight is 462 g/mol. The van der Waals surface area contributed by atoms with Gasteiger partial charge in [0.05, 0.1) is 33.3 Å². The van der Waals surface area contributed by atoms with Crippen LogP contribution in [-0.2, 0) is 4.79 Å². The molecular weight excluding hydrogens is 426 g/mol. The molecule has 2 aliphatic rings. The summed E-state index contributed by atoms with van der Waals surface area (Å²) in [4.78, 5) is 24.8. The number of amides is 1. The molecule has 1 saturated heterocycles. The average Bonchev–Trinajstić information content (AvgIpc) is 2.91. The summed E-state index contributed by atoms with van der Waals surface area (Å²) >= 11 is 0. The van der Waals surface area contributed by atoms with Crippen LogP contribution in [0, 0.1) is 0 Å². The van der Waals surface area contributed by atoms with E-state index in [9.17, 15) is 4.79 Å². The molecule has 2 aliphatic heterocycles. The number of fused-ring (bicyclic) bond motifs is 2. The van der Waals surface area contributed by atoms with Crippen molar-refractivity contribution in [3.8, 4) is 23.0 Å². The van der Waals surface area contributed by atoms with Gasteiger partial charge in [0.25, 0.3) is 5.91 Å². The number of nitrogen functional groups attached to an aromatic ring is 1. The van der Waals surface area contributed by atoms with Crippen molar-refractivity contribution in [1.29, 1.82) is 0 Å². The van der Waals surface area contributed by atoms with Crippen molar-refractivity contribution in [2.24, 2.45) is 0 Å². The smallest absolute Gasteiger partial charge is 0.267 e. The molecule has 0 radical (unpaired) electrons. The van der Waals surface area contributed by atoms with E-state index in [1.54, 1.807) is 23.1 Å². The predicted molar refractivity (Wildman–Crippen MR) is 122 cm³/mol. The molecule has 0 spiro atoms. The minimum atomic E-state index is -3.11. The third-order valence-corrected chi connectivity index (χ3v) is 5.27. The molecule has 5 rings (SSSR count). The summed E-state index contributed by atoms with van der Waals surface area (Å²) in [6.07, 6.45) is -1.55. The lowest BCUT2D eigenvalue weighted by Crippen LogP contribution is -2.54. The highest BCUT2D eigenvalue weighted by Gasteiger charge is 2.33. The van der Waals surface area contributed by atoms with Gasteiger partial charge in [0.15, 0.2) is 23.0 Å². The van der Waals surface area contributed by atoms with Gasteiger partial charge in [-0.05, 0) is 18.2 Å². The molecule has 2 N–H and O–H groups in total. The van der Waals surface area contributed by atoms with E-state index in [0.29, 0.717) is 0 Å². The SMILES string of the molecule is [2H]c1c(OC([2H])([2H])[2H])c(OC([2H])([2H])[2H])c([2H])c2c(N)nc(N3CCN(C(=O)C4Oc5ccccc5OC4([2H])[2H])CC3)nc12. The fraction of sp³-hybridized carbons (Fsp3) is 0.348. The first-order valence-corrected chi connectivity index (χ1v) is 9.92. The van der Waals surface area contributed by atoms with Gasteiger partial charge >= 0.3 is 0 Å². The largest absolute Gasteiger partial charge is 0.493 e. The maximum Gasteiger partial charge on any atom is 0.267 e. The van der Waals surface area contributed by atoms with Crippen LogP contribution in [0.1, 0.15) is 13.7 Å². The number of rotatable bonds is 4. The number of aromatic nitrogens is 2. The molecule has 10 nitrogen and oxygen atoms in total. The Morgan fingerprint density at radius 2 is 1.88 bits per heavy atom. The van der Waals surface area contributed by atoms with Crippen LogP contribution in [-0.4, -0.2) is 73.7 Å². The van der Waals surface area contributed by atoms with E-state index >= 15 is 0 Å². The summed E-state index contributed by atoms with van der Waals surface area (Å²) in [5, 5.41) is -0.239. The number of carbonyl (C=O) groups excluding carboxylic acids is 1. The number of carbonyl (C=O) groups is 1. The highest BCUT2D eigenvalue weighted by molar-refractivity contribution is 5.91. The molecule has 10 heteroatoms. The Kier molecular flexibility index (Phi) is 3.19. The van der Waals surface area contributed by atoms with Crippen LogP contribution in [0.2, 0.25) is 0 Å². The Hall–Kier alpha value is -3.95. The second kappa shape index (κ2) is 8.53. The number of piperazine rings is 1. The van der Waals surface area contributed by atoms with Gasteiger partial charge in [-0.1, -0.05) is 12.1 Å². The third kappa shape index (κ3) is 3.88. The van der Waals surface area contributed by atoms with Gasteiger partial charge in [-0.3, -0.25) is 4.79 Å². The quantitative estimate of drug-likeness (QED) is 0.620. The van der Waals surface area contributed by atoms with Crippen LogP contribution in [0.15, 0.2) is 36.4 Å². The Bertz CT molecular complexity index is 1580. The molecule has 1 aromatic heterocycles. The molecule has 0 saturated carbocycles. The highest BCUT2D eigenvalue weighted by atomic mass is 16.6. The van der Waals surface area contributed by atoms with Gasteiger partial charge < -0.3 is 34.5 Å². The lowest BCUT2D eigenvalue weighted by Gasteiger charge is -2.37. The van der Waals surface area contributed by atoms with E-state index in [2.05, 4.69) is 9.97 Å². The van der Waals surface area contributed by atoms with E-state index in [0.717, 1.165) is 0 Å². The van der Waals surface area contributed by atoms with Crippen LogP contribution < -0.4 is 29.6 Å². The van der Waals surface area contributed by atoms with E-state index in [1.165, 1.54) is 11.0 Å². The van der Waals surface area contributed by atoms with Crippen molar-refractivity contribution < 1.29 is 37.4 Å². The van der Waals surface area contributed by atoms with Crippen molar-refractivity contribution in [2.75, 3.05) is 57.4 Å². The molecule has 172 valence electrons. The highest BCUT2D eigenvalue weighted by Crippen LogP contribution is 2.34. The summed E-state index contributed by atoms with van der Waals surface area (Å²) in [5.41, 5.74) is 5.84. The van der Waals surface area contributed by atoms with Crippen molar-refractivity contribution in [3.05, 3.63) is 36.4 Å². The molecule has 3 aromatic rings. The van der Waals surface area contributed by atoms with Crippen LogP contribution in [0.4, 0.5) is 11.8 Å². The molecule has 1 amide bonds. The van der Waals surface area contributed by atoms with Crippen molar-refractivity contribution in [3.63, 3.8) is 0 Å². The molecular formula is C23H25N5O5. The summed E-state index contributed by atoms with van der Waals surface area (Å²) in [7, 11) is -6.22. The van der Waals surface area contributed by atoms with Crippen molar-refractivity contribution in [2.45, 2.75) is 6.10 Å². The van der Waals surface area contributed by atoms with Gasteiger partial charge in [-0.25, -0.2) is 4.98 Å². The first-order valence-electron chi connectivity index (χ1n) is 14.9. The third-order valence-electron chi connectivity index (χ3n) is 5.27. The molecule has 2 aromatic carbocycles. The standard InChI is InChI=1S/C23H25N5O5/c1-30-18-11-14-15(12-19(18)31-2)25-23(26-21(14)24)28-9-7-27(8-10-28)22(29)20-13-32-16-5-3-4-6-17(16)33-20/h3-6,11-12,20H,7-10,13H2,1-2H3,(H2,24,25,26)/i1D3,2D3,11D,12D,13D2. The predicted octanol–water partition coefficient (Wildman–Crippen LogP) is 1.72. The summed E-state index contributed by atoms with van der Waals surface area (Å²) in [6.45, 7) is -1.90. The number of nitrogens with zero attached hydrogens (tertiary/aromatic N) is 4. The molecule has 0 aliphatic carbocycles. The van der Waals surface area contributed by atoms with Crippen molar-refractivity contribution in [1.82, 2.24) is 14.9 Å². The minimum absolute atomic E-state index is 0.00386. The number of nitrogens with two attached hydrogens (primary N) is 1. The Morgan fingerprint density at radius 3 is 2.64 bits per heavy atom. The van der Waals surface area contributed by atoms with Gasteiger partial charge in [0.1, 0.15) is 12.4 Å². The monoisotopic (exact) mass is 461 g/mol. The number of anilines is 2. The zero-order chi connectivity index (χ0) is 31.5. The lowest BCUT2D eigenvalue weighted by atomic mass is 10.2. The minimum Gasteiger partial charge on any atom is -0.493 e. The van der Waals surface area contributed by atoms with Gasteiger partial charge in [-0.15, -0.1) is 0 Å². The Morgan fingerprint density at radius 1 is 1.15 bits per heavy atom. The Balaban J connectivity index is 1.41. The molecule has 1 unspecified atom stereocenters. The maximum atomic E-state index is 13.3. The molecule has 1 fully saturated rings. The maximum absolute atomic E-state index is 13.3. The van der Waals surface area contributed by atoms with E-state index in [-0.39, 0.29) is 60.3 Å². The fourth-order valence-electron chi connectivity index (χ4n) is 3.59. The van der Waals surface area contributed by atoms with Gasteiger partial charge in [0.2, 0.25) is 12.1 Å².